The predicted octanol–water partition coefficient (Wildman–Crippen LogP) is 8.66. The standard InChI is InChI=1S/C37H25N5/c1-5-16-38-32(10-1)26-20-27(33-11-2-6-17-39-33)23-30(22-26)36-14-9-15-37(42-36)31-24-28(34-12-3-7-18-40-34)21-29(25-31)35-13-4-8-19-41-35/h1-25H. The van der Waals surface area contributed by atoms with Crippen molar-refractivity contribution in [1.82, 2.24) is 24.9 Å². The maximum atomic E-state index is 5.17. The van der Waals surface area contributed by atoms with Crippen molar-refractivity contribution in [2.75, 3.05) is 0 Å². The second-order valence-corrected chi connectivity index (χ2v) is 9.87. The van der Waals surface area contributed by atoms with E-state index in [1.807, 2.05) is 110 Å². The fourth-order valence-corrected chi connectivity index (χ4v) is 5.03. The average molecular weight is 540 g/mol. The minimum atomic E-state index is 0.866. The van der Waals surface area contributed by atoms with Gasteiger partial charge in [-0.25, -0.2) is 4.98 Å². The van der Waals surface area contributed by atoms with E-state index in [-0.39, 0.29) is 0 Å². The molecule has 0 unspecified atom stereocenters. The summed E-state index contributed by atoms with van der Waals surface area (Å²) in [6, 6.07) is 42.8. The number of nitrogens with zero attached hydrogens (tertiary/aromatic N) is 5. The van der Waals surface area contributed by atoms with E-state index in [0.717, 1.165) is 67.5 Å². The smallest absolute Gasteiger partial charge is 0.0709 e. The SMILES string of the molecule is c1ccc(-c2cc(-c3ccccn3)cc(-c3cccc(-c4cc(-c5ccccn5)cc(-c5ccccn5)c4)n3)c2)nc1. The lowest BCUT2D eigenvalue weighted by Gasteiger charge is -2.12. The number of benzene rings is 2. The molecule has 0 aliphatic rings. The Morgan fingerprint density at radius 2 is 0.524 bits per heavy atom. The first-order valence-electron chi connectivity index (χ1n) is 13.7. The van der Waals surface area contributed by atoms with Crippen LogP contribution in [0, 0.1) is 0 Å². The minimum Gasteiger partial charge on any atom is -0.256 e. The van der Waals surface area contributed by atoms with E-state index in [9.17, 15) is 0 Å². The van der Waals surface area contributed by atoms with E-state index < -0.39 is 0 Å². The Hall–Kier alpha value is -5.81. The van der Waals surface area contributed by atoms with Crippen LogP contribution in [0.1, 0.15) is 0 Å². The zero-order valence-electron chi connectivity index (χ0n) is 22.7. The summed E-state index contributed by atoms with van der Waals surface area (Å²) in [5.74, 6) is 0. The van der Waals surface area contributed by atoms with Crippen molar-refractivity contribution in [3.8, 4) is 67.5 Å². The molecule has 5 heterocycles. The van der Waals surface area contributed by atoms with Gasteiger partial charge in [-0.3, -0.25) is 19.9 Å². The highest BCUT2D eigenvalue weighted by atomic mass is 14.7. The molecule has 5 heteroatoms. The van der Waals surface area contributed by atoms with Crippen molar-refractivity contribution in [2.45, 2.75) is 0 Å². The average Bonchev–Trinajstić information content (AvgIpc) is 3.09. The molecule has 7 aromatic rings. The van der Waals surface area contributed by atoms with Crippen LogP contribution in [0.2, 0.25) is 0 Å². The first-order chi connectivity index (χ1) is 20.8. The Bertz CT molecular complexity index is 1700. The van der Waals surface area contributed by atoms with E-state index in [4.69, 9.17) is 4.98 Å². The molecule has 0 bridgehead atoms. The van der Waals surface area contributed by atoms with E-state index in [2.05, 4.69) is 62.4 Å². The highest BCUT2D eigenvalue weighted by molar-refractivity contribution is 5.81. The molecule has 0 fully saturated rings. The number of aromatic nitrogens is 5. The van der Waals surface area contributed by atoms with Gasteiger partial charge in [0, 0.05) is 58.2 Å². The van der Waals surface area contributed by atoms with Crippen LogP contribution in [0.3, 0.4) is 0 Å². The third kappa shape index (κ3) is 5.31. The van der Waals surface area contributed by atoms with Crippen molar-refractivity contribution in [1.29, 1.82) is 0 Å². The summed E-state index contributed by atoms with van der Waals surface area (Å²) < 4.78 is 0. The molecule has 198 valence electrons. The Balaban J connectivity index is 1.37. The highest BCUT2D eigenvalue weighted by Crippen LogP contribution is 2.34. The minimum absolute atomic E-state index is 0.866. The topological polar surface area (TPSA) is 64.5 Å². The highest BCUT2D eigenvalue weighted by Gasteiger charge is 2.13. The third-order valence-electron chi connectivity index (χ3n) is 7.05. The number of pyridine rings is 5. The van der Waals surface area contributed by atoms with Crippen molar-refractivity contribution in [2.24, 2.45) is 0 Å². The van der Waals surface area contributed by atoms with Crippen LogP contribution in [0.5, 0.6) is 0 Å². The van der Waals surface area contributed by atoms with Gasteiger partial charge in [0.25, 0.3) is 0 Å². The molecule has 42 heavy (non-hydrogen) atoms. The molecule has 5 nitrogen and oxygen atoms in total. The van der Waals surface area contributed by atoms with Crippen LogP contribution in [0.25, 0.3) is 67.5 Å². The summed E-state index contributed by atoms with van der Waals surface area (Å²) in [4.78, 5) is 23.6. The Morgan fingerprint density at radius 1 is 0.262 bits per heavy atom. The van der Waals surface area contributed by atoms with Crippen molar-refractivity contribution in [3.05, 3.63) is 152 Å². The van der Waals surface area contributed by atoms with E-state index >= 15 is 0 Å². The Morgan fingerprint density at radius 3 is 0.786 bits per heavy atom. The molecular formula is C37H25N5. The number of hydrogen-bond acceptors (Lipinski definition) is 5. The molecule has 2 aromatic carbocycles. The van der Waals surface area contributed by atoms with E-state index in [1.165, 1.54) is 0 Å². The maximum Gasteiger partial charge on any atom is 0.0709 e. The number of hydrogen-bond donors (Lipinski definition) is 0. The molecule has 0 N–H and O–H groups in total. The summed E-state index contributed by atoms with van der Waals surface area (Å²) in [6.45, 7) is 0. The first-order valence-corrected chi connectivity index (χ1v) is 13.7. The lowest BCUT2D eigenvalue weighted by atomic mass is 9.97. The molecule has 0 saturated heterocycles. The first kappa shape index (κ1) is 25.2. The fourth-order valence-electron chi connectivity index (χ4n) is 5.03. The monoisotopic (exact) mass is 539 g/mol. The van der Waals surface area contributed by atoms with Crippen LogP contribution in [-0.4, -0.2) is 24.9 Å². The molecule has 0 spiro atoms. The van der Waals surface area contributed by atoms with E-state index in [0.29, 0.717) is 0 Å². The summed E-state index contributed by atoms with van der Waals surface area (Å²) in [6.07, 6.45) is 7.26. The molecule has 7 rings (SSSR count). The molecule has 0 saturated carbocycles. The molecule has 5 aromatic heterocycles. The van der Waals surface area contributed by atoms with Crippen LogP contribution >= 0.6 is 0 Å². The van der Waals surface area contributed by atoms with Gasteiger partial charge in [0.1, 0.15) is 0 Å². The van der Waals surface area contributed by atoms with Crippen LogP contribution in [0.15, 0.2) is 152 Å². The molecule has 0 aliphatic heterocycles. The predicted molar refractivity (Wildman–Crippen MR) is 168 cm³/mol. The molecule has 0 amide bonds. The molecule has 0 aliphatic carbocycles. The van der Waals surface area contributed by atoms with Gasteiger partial charge in [-0.05, 0) is 97.1 Å². The summed E-state index contributed by atoms with van der Waals surface area (Å²) >= 11 is 0. The lowest BCUT2D eigenvalue weighted by Crippen LogP contribution is -1.93. The van der Waals surface area contributed by atoms with Gasteiger partial charge in [-0.15, -0.1) is 0 Å². The van der Waals surface area contributed by atoms with Gasteiger partial charge in [0.15, 0.2) is 0 Å². The normalized spacial score (nSPS) is 10.9. The van der Waals surface area contributed by atoms with Crippen molar-refractivity contribution in [3.63, 3.8) is 0 Å². The van der Waals surface area contributed by atoms with Crippen LogP contribution in [0.4, 0.5) is 0 Å². The second kappa shape index (κ2) is 11.4. The Labute approximate surface area is 244 Å². The van der Waals surface area contributed by atoms with Gasteiger partial charge in [-0.1, -0.05) is 30.3 Å². The zero-order valence-corrected chi connectivity index (χ0v) is 22.7. The van der Waals surface area contributed by atoms with Crippen LogP contribution in [-0.2, 0) is 0 Å². The van der Waals surface area contributed by atoms with Gasteiger partial charge in [-0.2, -0.15) is 0 Å². The lowest BCUT2D eigenvalue weighted by molar-refractivity contribution is 1.29. The molecule has 0 radical (unpaired) electrons. The van der Waals surface area contributed by atoms with Crippen molar-refractivity contribution < 1.29 is 0 Å². The van der Waals surface area contributed by atoms with Gasteiger partial charge < -0.3 is 0 Å². The third-order valence-corrected chi connectivity index (χ3v) is 7.05. The summed E-state index contributed by atoms with van der Waals surface area (Å²) in [5, 5.41) is 0. The van der Waals surface area contributed by atoms with Gasteiger partial charge in [0.2, 0.25) is 0 Å². The molecule has 0 atom stereocenters. The molecular weight excluding hydrogens is 514 g/mol. The Kier molecular flexibility index (Phi) is 6.81. The van der Waals surface area contributed by atoms with Gasteiger partial charge >= 0.3 is 0 Å². The van der Waals surface area contributed by atoms with E-state index in [1.54, 1.807) is 0 Å². The van der Waals surface area contributed by atoms with Gasteiger partial charge in [0.05, 0.1) is 34.2 Å². The zero-order chi connectivity index (χ0) is 28.1. The largest absolute Gasteiger partial charge is 0.256 e. The summed E-state index contributed by atoms with van der Waals surface area (Å²) in [5.41, 5.74) is 11.4. The second-order valence-electron chi connectivity index (χ2n) is 9.87. The fraction of sp³-hybridized carbons (Fsp3) is 0. The number of rotatable bonds is 6. The maximum absolute atomic E-state index is 5.17. The van der Waals surface area contributed by atoms with Crippen molar-refractivity contribution >= 4 is 0 Å². The quantitative estimate of drug-likeness (QED) is 0.212. The summed E-state index contributed by atoms with van der Waals surface area (Å²) in [7, 11) is 0. The van der Waals surface area contributed by atoms with Crippen LogP contribution < -0.4 is 0 Å².